The van der Waals surface area contributed by atoms with Crippen molar-refractivity contribution < 1.29 is 19.1 Å². The molecule has 0 aliphatic carbocycles. The summed E-state index contributed by atoms with van der Waals surface area (Å²) >= 11 is 0. The second-order valence-corrected chi connectivity index (χ2v) is 6.27. The molecule has 5 nitrogen and oxygen atoms in total. The highest BCUT2D eigenvalue weighted by Crippen LogP contribution is 2.26. The number of carbonyl (C=O) groups excluding carboxylic acids is 1. The quantitative estimate of drug-likeness (QED) is 0.904. The fourth-order valence-corrected chi connectivity index (χ4v) is 3.23. The lowest BCUT2D eigenvalue weighted by Crippen LogP contribution is -2.35. The Balaban J connectivity index is 1.81. The Morgan fingerprint density at radius 3 is 2.80 bits per heavy atom. The standard InChI is InChI=1S/C20H21NO4/c1-14-13-25-17(12-18(22)23)19(14)20(24)21-11-5-8-16(21)10-9-15-6-3-2-4-7-15/h2-4,6-7,9-10,13,16H,5,8,11-12H2,1H3,(H,22,23)/b10-9+. The van der Waals surface area contributed by atoms with Gasteiger partial charge in [-0.2, -0.15) is 0 Å². The first kappa shape index (κ1) is 17.0. The Hall–Kier alpha value is -2.82. The maximum atomic E-state index is 13.0. The number of amides is 1. The molecule has 25 heavy (non-hydrogen) atoms. The first-order valence-electron chi connectivity index (χ1n) is 8.39. The molecule has 0 saturated carbocycles. The third-order valence-electron chi connectivity index (χ3n) is 4.45. The molecule has 1 saturated heterocycles. The van der Waals surface area contributed by atoms with Crippen molar-refractivity contribution in [1.29, 1.82) is 0 Å². The number of benzene rings is 1. The van der Waals surface area contributed by atoms with Gasteiger partial charge in [-0.25, -0.2) is 0 Å². The normalized spacial score (nSPS) is 17.3. The van der Waals surface area contributed by atoms with Crippen molar-refractivity contribution in [3.05, 3.63) is 65.1 Å². The first-order valence-corrected chi connectivity index (χ1v) is 8.39. The van der Waals surface area contributed by atoms with E-state index in [4.69, 9.17) is 9.52 Å². The van der Waals surface area contributed by atoms with Crippen LogP contribution in [0.5, 0.6) is 0 Å². The van der Waals surface area contributed by atoms with E-state index >= 15 is 0 Å². The molecule has 5 heteroatoms. The smallest absolute Gasteiger partial charge is 0.311 e. The van der Waals surface area contributed by atoms with Gasteiger partial charge in [0.1, 0.15) is 12.2 Å². The van der Waals surface area contributed by atoms with Crippen molar-refractivity contribution >= 4 is 18.0 Å². The summed E-state index contributed by atoms with van der Waals surface area (Å²) in [5.41, 5.74) is 2.16. The van der Waals surface area contributed by atoms with Gasteiger partial charge in [0, 0.05) is 12.1 Å². The summed E-state index contributed by atoms with van der Waals surface area (Å²) in [7, 11) is 0. The molecule has 1 aliphatic heterocycles. The summed E-state index contributed by atoms with van der Waals surface area (Å²) in [4.78, 5) is 25.8. The van der Waals surface area contributed by atoms with Gasteiger partial charge in [-0.3, -0.25) is 9.59 Å². The Labute approximate surface area is 146 Å². The third-order valence-corrected chi connectivity index (χ3v) is 4.45. The third kappa shape index (κ3) is 3.82. The second-order valence-electron chi connectivity index (χ2n) is 6.27. The average Bonchev–Trinajstić information content (AvgIpc) is 3.20. The number of hydrogen-bond acceptors (Lipinski definition) is 3. The highest BCUT2D eigenvalue weighted by atomic mass is 16.4. The lowest BCUT2D eigenvalue weighted by atomic mass is 10.1. The molecule has 3 rings (SSSR count). The van der Waals surface area contributed by atoms with E-state index in [0.29, 0.717) is 17.7 Å². The lowest BCUT2D eigenvalue weighted by molar-refractivity contribution is -0.136. The van der Waals surface area contributed by atoms with E-state index in [1.165, 1.54) is 6.26 Å². The molecule has 130 valence electrons. The first-order chi connectivity index (χ1) is 12.1. The van der Waals surface area contributed by atoms with Crippen LogP contribution in [0.3, 0.4) is 0 Å². The van der Waals surface area contributed by atoms with Crippen LogP contribution in [0.2, 0.25) is 0 Å². The summed E-state index contributed by atoms with van der Waals surface area (Å²) in [6.45, 7) is 2.44. The molecule has 1 unspecified atom stereocenters. The van der Waals surface area contributed by atoms with Crippen LogP contribution >= 0.6 is 0 Å². The van der Waals surface area contributed by atoms with Crippen LogP contribution in [0.4, 0.5) is 0 Å². The monoisotopic (exact) mass is 339 g/mol. The number of rotatable bonds is 5. The topological polar surface area (TPSA) is 70.7 Å². The number of aliphatic carboxylic acids is 1. The molecular formula is C20H21NO4. The van der Waals surface area contributed by atoms with Crippen molar-refractivity contribution in [2.24, 2.45) is 0 Å². The predicted octanol–water partition coefficient (Wildman–Crippen LogP) is 3.53. The summed E-state index contributed by atoms with van der Waals surface area (Å²) in [6, 6.07) is 9.97. The summed E-state index contributed by atoms with van der Waals surface area (Å²) < 4.78 is 5.31. The van der Waals surface area contributed by atoms with Crippen molar-refractivity contribution in [2.45, 2.75) is 32.2 Å². The fraction of sp³-hybridized carbons (Fsp3) is 0.300. The van der Waals surface area contributed by atoms with E-state index < -0.39 is 5.97 Å². The average molecular weight is 339 g/mol. The molecule has 1 N–H and O–H groups in total. The van der Waals surface area contributed by atoms with Gasteiger partial charge in [-0.15, -0.1) is 0 Å². The minimum atomic E-state index is -1.01. The van der Waals surface area contributed by atoms with Gasteiger partial charge in [0.05, 0.1) is 17.9 Å². The summed E-state index contributed by atoms with van der Waals surface area (Å²) in [6.07, 6.45) is 7.08. The van der Waals surface area contributed by atoms with Crippen LogP contribution in [0.25, 0.3) is 6.08 Å². The zero-order valence-corrected chi connectivity index (χ0v) is 14.1. The Morgan fingerprint density at radius 1 is 1.32 bits per heavy atom. The minimum Gasteiger partial charge on any atom is -0.481 e. The number of hydrogen-bond donors (Lipinski definition) is 1. The maximum absolute atomic E-state index is 13.0. The van der Waals surface area contributed by atoms with Crippen LogP contribution in [0, 0.1) is 6.92 Å². The van der Waals surface area contributed by atoms with E-state index in [-0.39, 0.29) is 24.1 Å². The number of likely N-dealkylation sites (tertiary alicyclic amines) is 1. The summed E-state index contributed by atoms with van der Waals surface area (Å²) in [5.74, 6) is -0.930. The number of nitrogens with zero attached hydrogens (tertiary/aromatic N) is 1. The van der Waals surface area contributed by atoms with Crippen LogP contribution in [-0.2, 0) is 11.2 Å². The van der Waals surface area contributed by atoms with Crippen molar-refractivity contribution in [3.8, 4) is 0 Å². The van der Waals surface area contributed by atoms with Crippen molar-refractivity contribution in [2.75, 3.05) is 6.54 Å². The highest BCUT2D eigenvalue weighted by molar-refractivity contribution is 5.98. The SMILES string of the molecule is Cc1coc(CC(=O)O)c1C(=O)N1CCCC1/C=C/c1ccccc1. The maximum Gasteiger partial charge on any atom is 0.311 e. The lowest BCUT2D eigenvalue weighted by Gasteiger charge is -2.22. The number of carboxylic acids is 1. The molecule has 1 aliphatic rings. The molecule has 0 radical (unpaired) electrons. The number of furan rings is 1. The zero-order chi connectivity index (χ0) is 17.8. The van der Waals surface area contributed by atoms with Crippen LogP contribution in [0.15, 0.2) is 47.1 Å². The Bertz CT molecular complexity index is 791. The molecule has 1 aromatic carbocycles. The number of carboxylic acid groups (broad SMARTS) is 1. The van der Waals surface area contributed by atoms with Gasteiger partial charge >= 0.3 is 5.97 Å². The Kier molecular flexibility index (Phi) is 5.03. The number of carbonyl (C=O) groups is 2. The molecule has 1 fully saturated rings. The van der Waals surface area contributed by atoms with E-state index in [9.17, 15) is 9.59 Å². The van der Waals surface area contributed by atoms with Crippen molar-refractivity contribution in [1.82, 2.24) is 4.90 Å². The number of aryl methyl sites for hydroxylation is 1. The van der Waals surface area contributed by atoms with E-state index in [1.54, 1.807) is 6.92 Å². The van der Waals surface area contributed by atoms with Gasteiger partial charge < -0.3 is 14.4 Å². The van der Waals surface area contributed by atoms with Crippen LogP contribution in [0.1, 0.15) is 40.1 Å². The predicted molar refractivity (Wildman–Crippen MR) is 94.3 cm³/mol. The highest BCUT2D eigenvalue weighted by Gasteiger charge is 2.31. The van der Waals surface area contributed by atoms with E-state index in [0.717, 1.165) is 18.4 Å². The summed E-state index contributed by atoms with van der Waals surface area (Å²) in [5, 5.41) is 9.01. The van der Waals surface area contributed by atoms with Gasteiger partial charge in [0.2, 0.25) is 0 Å². The van der Waals surface area contributed by atoms with E-state index in [1.807, 2.05) is 47.4 Å². The second kappa shape index (κ2) is 7.38. The van der Waals surface area contributed by atoms with Gasteiger partial charge in [-0.1, -0.05) is 42.5 Å². The molecule has 1 atom stereocenters. The zero-order valence-electron chi connectivity index (χ0n) is 14.1. The van der Waals surface area contributed by atoms with Gasteiger partial charge in [-0.05, 0) is 25.3 Å². The molecule has 2 heterocycles. The Morgan fingerprint density at radius 2 is 2.08 bits per heavy atom. The minimum absolute atomic E-state index is 0.0136. The van der Waals surface area contributed by atoms with E-state index in [2.05, 4.69) is 0 Å². The van der Waals surface area contributed by atoms with Crippen LogP contribution < -0.4 is 0 Å². The molecule has 0 bridgehead atoms. The van der Waals surface area contributed by atoms with Gasteiger partial charge in [0.25, 0.3) is 5.91 Å². The fourth-order valence-electron chi connectivity index (χ4n) is 3.23. The molecular weight excluding hydrogens is 318 g/mol. The van der Waals surface area contributed by atoms with Crippen LogP contribution in [-0.4, -0.2) is 34.5 Å². The molecule has 0 spiro atoms. The largest absolute Gasteiger partial charge is 0.481 e. The molecule has 2 aromatic rings. The molecule has 1 amide bonds. The molecule has 1 aromatic heterocycles. The van der Waals surface area contributed by atoms with Crippen molar-refractivity contribution in [3.63, 3.8) is 0 Å². The van der Waals surface area contributed by atoms with Gasteiger partial charge in [0.15, 0.2) is 0 Å².